The zero-order chi connectivity index (χ0) is 22.3. The van der Waals surface area contributed by atoms with Gasteiger partial charge in [-0.1, -0.05) is 23.2 Å². The average molecular weight is 435 g/mol. The van der Waals surface area contributed by atoms with Crippen LogP contribution in [0.25, 0.3) is 11.5 Å². The zero-order valence-corrected chi connectivity index (χ0v) is 17.8. The third-order valence-corrected chi connectivity index (χ3v) is 4.71. The third-order valence-electron chi connectivity index (χ3n) is 4.17. The summed E-state index contributed by atoms with van der Waals surface area (Å²) >= 11 is -2.42. The van der Waals surface area contributed by atoms with Crippen molar-refractivity contribution < 1.29 is 32.5 Å². The highest BCUT2D eigenvalue weighted by atomic mass is 32.2. The number of primary amides is 1. The summed E-state index contributed by atoms with van der Waals surface area (Å²) in [7, 11) is 5.83. The Morgan fingerprint density at radius 3 is 2.13 bits per heavy atom. The summed E-state index contributed by atoms with van der Waals surface area (Å²) in [4.78, 5) is 11.3. The summed E-state index contributed by atoms with van der Waals surface area (Å²) in [6.45, 7) is 0. The average Bonchev–Trinajstić information content (AvgIpc) is 2.71. The van der Waals surface area contributed by atoms with Crippen LogP contribution in [0.15, 0.2) is 36.4 Å². The van der Waals surface area contributed by atoms with Crippen molar-refractivity contribution in [3.63, 3.8) is 0 Å². The number of nitrogens with one attached hydrogen (secondary N) is 1. The molecule has 0 aromatic heterocycles. The Balaban J connectivity index is 2.82. The molecule has 1 unspecified atom stereocenters. The lowest BCUT2D eigenvalue weighted by Crippen LogP contribution is -2.20. The van der Waals surface area contributed by atoms with Crippen LogP contribution in [-0.2, 0) is 26.3 Å². The smallest absolute Gasteiger partial charge is 0.316 e. The molecule has 162 valence electrons. The lowest BCUT2D eigenvalue weighted by Gasteiger charge is -2.21. The van der Waals surface area contributed by atoms with Gasteiger partial charge in [-0.2, -0.15) is 0 Å². The highest BCUT2D eigenvalue weighted by Gasteiger charge is 2.22. The van der Waals surface area contributed by atoms with Gasteiger partial charge in [0.1, 0.15) is 11.5 Å². The van der Waals surface area contributed by atoms with Crippen molar-refractivity contribution in [1.82, 2.24) is 0 Å². The number of hydrogen-bond donors (Lipinski definition) is 2. The fourth-order valence-corrected chi connectivity index (χ4v) is 3.46. The maximum absolute atomic E-state index is 11.5. The van der Waals surface area contributed by atoms with Crippen LogP contribution in [0.2, 0.25) is 0 Å². The van der Waals surface area contributed by atoms with E-state index in [4.69, 9.17) is 24.7 Å². The lowest BCUT2D eigenvalue weighted by molar-refractivity contribution is 0.259. The highest BCUT2D eigenvalue weighted by molar-refractivity contribution is 7.78. The Morgan fingerprint density at radius 1 is 1.00 bits per heavy atom. The van der Waals surface area contributed by atoms with E-state index in [0.717, 1.165) is 0 Å². The van der Waals surface area contributed by atoms with Crippen LogP contribution in [0.5, 0.6) is 11.5 Å². The number of amides is 2. The molecule has 0 aliphatic carbocycles. The number of ether oxygens (including phenoxy) is 4. The number of benzene rings is 2. The van der Waals surface area contributed by atoms with Gasteiger partial charge in [-0.3, -0.25) is 4.21 Å². The van der Waals surface area contributed by atoms with Crippen LogP contribution in [0.1, 0.15) is 16.7 Å². The van der Waals surface area contributed by atoms with Crippen LogP contribution in [0.3, 0.4) is 0 Å². The molecule has 0 saturated carbocycles. The van der Waals surface area contributed by atoms with Crippen molar-refractivity contribution in [3.8, 4) is 11.5 Å². The van der Waals surface area contributed by atoms with Crippen molar-refractivity contribution in [1.29, 1.82) is 0 Å². The number of carbonyl (C=O) groups is 1. The number of urea groups is 1. The summed E-state index contributed by atoms with van der Waals surface area (Å²) in [6, 6.07) is 9.34. The van der Waals surface area contributed by atoms with Gasteiger partial charge in [-0.05, 0) is 29.8 Å². The molecule has 2 aromatic rings. The second-order valence-electron chi connectivity index (χ2n) is 5.91. The summed E-state index contributed by atoms with van der Waals surface area (Å²) in [5, 5.41) is 2.42. The minimum absolute atomic E-state index is 0.223. The van der Waals surface area contributed by atoms with Crippen LogP contribution in [0, 0.1) is 0 Å². The van der Waals surface area contributed by atoms with E-state index < -0.39 is 17.1 Å². The number of methoxy groups -OCH3 is 4. The first-order valence-corrected chi connectivity index (χ1v) is 9.89. The number of para-hydroxylation sites is 1. The van der Waals surface area contributed by atoms with Crippen molar-refractivity contribution in [3.05, 3.63) is 53.1 Å². The van der Waals surface area contributed by atoms with E-state index in [-0.39, 0.29) is 22.9 Å². The normalized spacial score (nSPS) is 12.4. The predicted molar refractivity (Wildman–Crippen MR) is 113 cm³/mol. The van der Waals surface area contributed by atoms with Gasteiger partial charge >= 0.3 is 6.03 Å². The monoisotopic (exact) mass is 435 g/mol. The summed E-state index contributed by atoms with van der Waals surface area (Å²) in [6.07, 6.45) is 0. The van der Waals surface area contributed by atoms with E-state index >= 15 is 0 Å². The molecule has 2 aromatic carbocycles. The molecule has 9 nitrogen and oxygen atoms in total. The van der Waals surface area contributed by atoms with Gasteiger partial charge in [0, 0.05) is 11.3 Å². The molecule has 0 radical (unpaired) electrons. The molecular weight excluding hydrogens is 412 g/mol. The number of nitrogens with two attached hydrogens (primary N) is 1. The third kappa shape index (κ3) is 5.22. The van der Waals surface area contributed by atoms with Crippen molar-refractivity contribution in [2.75, 3.05) is 33.8 Å². The van der Waals surface area contributed by atoms with Gasteiger partial charge in [-0.15, -0.1) is 0 Å². The van der Waals surface area contributed by atoms with Crippen LogP contribution in [0.4, 0.5) is 10.5 Å². The number of hydrogen-bond acceptors (Lipinski definition) is 7. The second kappa shape index (κ2) is 10.5. The van der Waals surface area contributed by atoms with E-state index in [1.165, 1.54) is 34.5 Å². The highest BCUT2D eigenvalue weighted by Crippen LogP contribution is 2.38. The molecule has 0 saturated heterocycles. The predicted octanol–water partition coefficient (Wildman–Crippen LogP) is 2.69. The van der Waals surface area contributed by atoms with Gasteiger partial charge in [0.15, 0.2) is 11.5 Å². The van der Waals surface area contributed by atoms with Crippen LogP contribution in [-0.4, -0.2) is 43.2 Å². The first kappa shape index (κ1) is 23.0. The van der Waals surface area contributed by atoms with Crippen molar-refractivity contribution in [2.24, 2.45) is 5.73 Å². The first-order valence-electron chi connectivity index (χ1n) is 8.65. The number of carbonyl (C=O) groups excluding carboxylic acids is 1. The second-order valence-corrected chi connectivity index (χ2v) is 6.81. The number of anilines is 1. The molecule has 0 spiro atoms. The Kier molecular flexibility index (Phi) is 8.07. The largest absolute Gasteiger partial charge is 0.772 e. The fourth-order valence-electron chi connectivity index (χ4n) is 2.96. The molecule has 3 N–H and O–H groups in total. The van der Waals surface area contributed by atoms with E-state index in [9.17, 15) is 13.6 Å². The Labute approximate surface area is 177 Å². The van der Waals surface area contributed by atoms with Crippen molar-refractivity contribution >= 4 is 34.3 Å². The maximum atomic E-state index is 11.5. The van der Waals surface area contributed by atoms with Gasteiger partial charge in [0.2, 0.25) is 0 Å². The van der Waals surface area contributed by atoms with Crippen LogP contribution >= 0.6 is 0 Å². The molecular formula is C20H23N2O7S-. The molecule has 2 amide bonds. The Morgan fingerprint density at radius 2 is 1.60 bits per heavy atom. The topological polar surface area (TPSA) is 132 Å². The molecule has 0 heterocycles. The van der Waals surface area contributed by atoms with E-state index in [0.29, 0.717) is 28.2 Å². The summed E-state index contributed by atoms with van der Waals surface area (Å²) in [5.74, 6) is 1.03. The quantitative estimate of drug-likeness (QED) is 0.351. The van der Waals surface area contributed by atoms with Crippen LogP contribution < -0.4 is 20.5 Å². The van der Waals surface area contributed by atoms with E-state index in [1.807, 2.05) is 0 Å². The minimum Gasteiger partial charge on any atom is -0.772 e. The minimum atomic E-state index is -2.42. The molecule has 0 bridgehead atoms. The van der Waals surface area contributed by atoms with Gasteiger partial charge in [0.05, 0.1) is 39.7 Å². The SMILES string of the molecule is COC(=C(OC)c1ccccc1OC)c1cc(OC)c(NC(N)=O)cc1CS(=O)[O-]. The van der Waals surface area contributed by atoms with Gasteiger partial charge in [-0.25, -0.2) is 4.79 Å². The fraction of sp³-hybridized carbons (Fsp3) is 0.250. The van der Waals surface area contributed by atoms with Crippen molar-refractivity contribution in [2.45, 2.75) is 5.75 Å². The zero-order valence-electron chi connectivity index (χ0n) is 17.0. The molecule has 0 fully saturated rings. The number of rotatable bonds is 9. The van der Waals surface area contributed by atoms with Gasteiger partial charge < -0.3 is 34.6 Å². The molecule has 30 heavy (non-hydrogen) atoms. The molecule has 1 atom stereocenters. The van der Waals surface area contributed by atoms with Gasteiger partial charge in [0.25, 0.3) is 0 Å². The van der Waals surface area contributed by atoms with E-state index in [1.54, 1.807) is 30.3 Å². The lowest BCUT2D eigenvalue weighted by atomic mass is 10.0. The molecule has 10 heteroatoms. The molecule has 0 aliphatic heterocycles. The Hall–Kier alpha value is -3.24. The van der Waals surface area contributed by atoms with E-state index in [2.05, 4.69) is 5.32 Å². The Bertz CT molecular complexity index is 976. The summed E-state index contributed by atoms with van der Waals surface area (Å²) < 4.78 is 44.9. The first-order chi connectivity index (χ1) is 14.4. The summed E-state index contributed by atoms with van der Waals surface area (Å²) in [5.41, 5.74) is 6.77. The molecule has 0 aliphatic rings. The maximum Gasteiger partial charge on any atom is 0.316 e. The standard InChI is InChI=1S/C20H24N2O7S/c1-26-16-8-6-5-7-13(16)18(28-3)19(29-4)14-10-17(27-2)15(22-20(21)23)9-12(14)11-30(24)25/h5-10H,11H2,1-4H3,(H,24,25)(H3,21,22,23)/p-1. The molecule has 2 rings (SSSR count).